The van der Waals surface area contributed by atoms with Gasteiger partial charge in [-0.1, -0.05) is 32.9 Å². The summed E-state index contributed by atoms with van der Waals surface area (Å²) in [4.78, 5) is 12.0. The van der Waals surface area contributed by atoms with Crippen LogP contribution in [0.4, 0.5) is 0 Å². The van der Waals surface area contributed by atoms with Crippen LogP contribution in [0, 0.1) is 40.4 Å². The topological polar surface area (TPSA) is 26.3 Å². The Morgan fingerprint density at radius 2 is 2.00 bits per heavy atom. The van der Waals surface area contributed by atoms with Crippen LogP contribution in [0.1, 0.15) is 72.1 Å². The molecule has 2 heteroatoms. The van der Waals surface area contributed by atoms with Gasteiger partial charge in [0.25, 0.3) is 0 Å². The molecule has 4 rings (SSSR count). The maximum Gasteiger partial charge on any atom is 0.155 e. The Hall–Kier alpha value is -1.05. The summed E-state index contributed by atoms with van der Waals surface area (Å²) in [6.07, 6.45) is 13.4. The molecule has 0 amide bonds. The van der Waals surface area contributed by atoms with Crippen LogP contribution in [-0.2, 0) is 9.53 Å². The lowest BCUT2D eigenvalue weighted by molar-refractivity contribution is -0.117. The number of carbonyl (C=O) groups excluding carboxylic acids is 1. The smallest absolute Gasteiger partial charge is 0.155 e. The lowest BCUT2D eigenvalue weighted by atomic mass is 9.46. The third-order valence-electron chi connectivity index (χ3n) is 9.20. The molecule has 1 unspecified atom stereocenters. The SMILES string of the molecule is C=COCC(C)[C@H]1CC[C@H]2[C@@H]3CCC4=CC(=O)CC[C@]4(C)[C@H]3CC[C@]12C. The lowest BCUT2D eigenvalue weighted by Crippen LogP contribution is -2.51. The number of hydrogen-bond acceptors (Lipinski definition) is 2. The van der Waals surface area contributed by atoms with Crippen molar-refractivity contribution in [3.8, 4) is 0 Å². The highest BCUT2D eigenvalue weighted by Crippen LogP contribution is 2.67. The fraction of sp³-hybridized carbons (Fsp3) is 0.792. The van der Waals surface area contributed by atoms with E-state index in [1.807, 2.05) is 6.08 Å². The minimum atomic E-state index is 0.299. The Bertz CT molecular complexity index is 620. The second-order valence-corrected chi connectivity index (χ2v) is 10.2. The van der Waals surface area contributed by atoms with E-state index in [4.69, 9.17) is 4.74 Å². The van der Waals surface area contributed by atoms with E-state index in [-0.39, 0.29) is 0 Å². The number of carbonyl (C=O) groups is 1. The molecule has 0 radical (unpaired) electrons. The fourth-order valence-electron chi connectivity index (χ4n) is 7.87. The molecule has 0 aromatic heterocycles. The van der Waals surface area contributed by atoms with Crippen LogP contribution in [0.2, 0.25) is 0 Å². The van der Waals surface area contributed by atoms with Gasteiger partial charge in [0.15, 0.2) is 5.78 Å². The van der Waals surface area contributed by atoms with E-state index in [0.717, 1.165) is 49.5 Å². The number of fused-ring (bicyclic) bond motifs is 5. The van der Waals surface area contributed by atoms with Crippen LogP contribution >= 0.6 is 0 Å². The highest BCUT2D eigenvalue weighted by Gasteiger charge is 2.59. The Morgan fingerprint density at radius 3 is 2.77 bits per heavy atom. The molecule has 3 saturated carbocycles. The van der Waals surface area contributed by atoms with Crippen LogP contribution in [0.25, 0.3) is 0 Å². The number of rotatable bonds is 4. The summed E-state index contributed by atoms with van der Waals surface area (Å²) in [7, 11) is 0. The molecule has 0 aromatic rings. The summed E-state index contributed by atoms with van der Waals surface area (Å²) in [6, 6.07) is 0. The van der Waals surface area contributed by atoms with E-state index in [2.05, 4.69) is 27.4 Å². The molecule has 0 saturated heterocycles. The van der Waals surface area contributed by atoms with E-state index < -0.39 is 0 Å². The summed E-state index contributed by atoms with van der Waals surface area (Å²) in [5.74, 6) is 4.29. The molecule has 26 heavy (non-hydrogen) atoms. The number of allylic oxidation sites excluding steroid dienone is 1. The molecule has 2 nitrogen and oxygen atoms in total. The zero-order valence-electron chi connectivity index (χ0n) is 16.9. The van der Waals surface area contributed by atoms with Crippen molar-refractivity contribution in [3.05, 3.63) is 24.5 Å². The van der Waals surface area contributed by atoms with Crippen LogP contribution in [0.5, 0.6) is 0 Å². The Balaban J connectivity index is 1.57. The fourth-order valence-corrected chi connectivity index (χ4v) is 7.87. The van der Waals surface area contributed by atoms with Gasteiger partial charge in [-0.25, -0.2) is 0 Å². The average molecular weight is 357 g/mol. The van der Waals surface area contributed by atoms with Crippen LogP contribution in [0.15, 0.2) is 24.5 Å². The van der Waals surface area contributed by atoms with Gasteiger partial charge in [0.2, 0.25) is 0 Å². The van der Waals surface area contributed by atoms with Crippen molar-refractivity contribution in [2.45, 2.75) is 72.1 Å². The maximum absolute atomic E-state index is 12.0. The molecular weight excluding hydrogens is 320 g/mol. The highest BCUT2D eigenvalue weighted by molar-refractivity contribution is 5.91. The summed E-state index contributed by atoms with van der Waals surface area (Å²) >= 11 is 0. The second kappa shape index (κ2) is 6.53. The first kappa shape index (κ1) is 18.3. The van der Waals surface area contributed by atoms with E-state index in [1.54, 1.807) is 6.26 Å². The van der Waals surface area contributed by atoms with Gasteiger partial charge in [0.1, 0.15) is 0 Å². The Kier molecular flexibility index (Phi) is 4.60. The minimum Gasteiger partial charge on any atom is -0.502 e. The molecule has 0 aliphatic heterocycles. The predicted molar refractivity (Wildman–Crippen MR) is 106 cm³/mol. The quantitative estimate of drug-likeness (QED) is 0.583. The van der Waals surface area contributed by atoms with Crippen molar-refractivity contribution in [2.75, 3.05) is 6.61 Å². The van der Waals surface area contributed by atoms with Crippen molar-refractivity contribution in [3.63, 3.8) is 0 Å². The zero-order valence-corrected chi connectivity index (χ0v) is 16.9. The van der Waals surface area contributed by atoms with Crippen molar-refractivity contribution < 1.29 is 9.53 Å². The van der Waals surface area contributed by atoms with Crippen molar-refractivity contribution in [1.82, 2.24) is 0 Å². The maximum atomic E-state index is 12.0. The molecule has 4 aliphatic carbocycles. The van der Waals surface area contributed by atoms with Crippen molar-refractivity contribution in [2.24, 2.45) is 40.4 Å². The van der Waals surface area contributed by atoms with Gasteiger partial charge in [-0.2, -0.15) is 0 Å². The normalized spacial score (nSPS) is 45.8. The standard InChI is InChI=1S/C24H36O2/c1-5-26-15-16(2)20-8-9-21-19-7-6-17-14-18(25)10-12-23(17,3)22(19)11-13-24(20,21)4/h5,14,16,19-22H,1,6-13,15H2,2-4H3/t16?,19-,20+,21-,22-,23-,24+/m0/s1. The minimum absolute atomic E-state index is 0.299. The Labute approximate surface area is 159 Å². The van der Waals surface area contributed by atoms with E-state index >= 15 is 0 Å². The molecule has 0 spiro atoms. The largest absolute Gasteiger partial charge is 0.502 e. The van der Waals surface area contributed by atoms with Gasteiger partial charge in [0, 0.05) is 6.42 Å². The molecule has 0 N–H and O–H groups in total. The predicted octanol–water partition coefficient (Wildman–Crippen LogP) is 5.93. The third kappa shape index (κ3) is 2.62. The average Bonchev–Trinajstić information content (AvgIpc) is 2.97. The molecular formula is C24H36O2. The second-order valence-electron chi connectivity index (χ2n) is 10.2. The van der Waals surface area contributed by atoms with Crippen LogP contribution in [-0.4, -0.2) is 12.4 Å². The van der Waals surface area contributed by atoms with Crippen molar-refractivity contribution >= 4 is 5.78 Å². The van der Waals surface area contributed by atoms with E-state index in [9.17, 15) is 4.79 Å². The summed E-state index contributed by atoms with van der Waals surface area (Å²) in [6.45, 7) is 12.0. The lowest BCUT2D eigenvalue weighted by Gasteiger charge is -2.58. The third-order valence-corrected chi connectivity index (χ3v) is 9.20. The van der Waals surface area contributed by atoms with Gasteiger partial charge in [-0.15, -0.1) is 0 Å². The molecule has 4 aliphatic rings. The summed E-state index contributed by atoms with van der Waals surface area (Å²) in [5.41, 5.74) is 2.27. The molecule has 0 aromatic carbocycles. The van der Waals surface area contributed by atoms with E-state index in [1.165, 1.54) is 37.7 Å². The van der Waals surface area contributed by atoms with Gasteiger partial charge in [-0.3, -0.25) is 4.79 Å². The first-order valence-electron chi connectivity index (χ1n) is 10.9. The first-order valence-corrected chi connectivity index (χ1v) is 10.9. The zero-order chi connectivity index (χ0) is 18.5. The Morgan fingerprint density at radius 1 is 1.19 bits per heavy atom. The van der Waals surface area contributed by atoms with Crippen molar-refractivity contribution in [1.29, 1.82) is 0 Å². The van der Waals surface area contributed by atoms with Gasteiger partial charge < -0.3 is 4.74 Å². The van der Waals surface area contributed by atoms with Gasteiger partial charge in [-0.05, 0) is 91.4 Å². The van der Waals surface area contributed by atoms with E-state index in [0.29, 0.717) is 22.5 Å². The number of hydrogen-bond donors (Lipinski definition) is 0. The van der Waals surface area contributed by atoms with Gasteiger partial charge in [0.05, 0.1) is 12.9 Å². The number of ketones is 1. The highest BCUT2D eigenvalue weighted by atomic mass is 16.5. The summed E-state index contributed by atoms with van der Waals surface area (Å²) in [5, 5.41) is 0. The molecule has 0 heterocycles. The van der Waals surface area contributed by atoms with Gasteiger partial charge >= 0.3 is 0 Å². The van der Waals surface area contributed by atoms with Crippen LogP contribution in [0.3, 0.4) is 0 Å². The number of ether oxygens (including phenoxy) is 1. The monoisotopic (exact) mass is 356 g/mol. The first-order chi connectivity index (χ1) is 12.4. The molecule has 7 atom stereocenters. The van der Waals surface area contributed by atoms with Crippen LogP contribution < -0.4 is 0 Å². The molecule has 144 valence electrons. The molecule has 3 fully saturated rings. The molecule has 0 bridgehead atoms. The summed E-state index contributed by atoms with van der Waals surface area (Å²) < 4.78 is 5.56.